The lowest BCUT2D eigenvalue weighted by atomic mass is 9.78. The van der Waals surface area contributed by atoms with Gasteiger partial charge in [0.15, 0.2) is 0 Å². The van der Waals surface area contributed by atoms with Crippen LogP contribution in [0.25, 0.3) is 0 Å². The third kappa shape index (κ3) is 34.0. The molecule has 0 spiro atoms. The van der Waals surface area contributed by atoms with Crippen LogP contribution < -0.4 is 37.9 Å². The molecule has 0 saturated heterocycles. The van der Waals surface area contributed by atoms with Crippen molar-refractivity contribution in [2.24, 2.45) is 17.8 Å². The van der Waals surface area contributed by atoms with Gasteiger partial charge in [0.2, 0.25) is 0 Å². The molecule has 0 aliphatic carbocycles. The molecule has 41 heteroatoms. The molecule has 0 amide bonds. The van der Waals surface area contributed by atoms with Crippen molar-refractivity contribution < 1.29 is 83.9 Å². The van der Waals surface area contributed by atoms with E-state index in [2.05, 4.69) is 167 Å². The smallest absolute Gasteiger partial charge is 0.138 e. The van der Waals surface area contributed by atoms with Crippen molar-refractivity contribution in [3.63, 3.8) is 0 Å². The first kappa shape index (κ1) is 118. The topological polar surface area (TPSA) is 379 Å². The van der Waals surface area contributed by atoms with Crippen LogP contribution in [0.3, 0.4) is 0 Å². The van der Waals surface area contributed by atoms with Crippen molar-refractivity contribution in [2.75, 3.05) is 76.4 Å². The number of hydrogen-bond acceptors (Lipinski definition) is 25. The summed E-state index contributed by atoms with van der Waals surface area (Å²) in [7, 11) is 0. The maximum Gasteiger partial charge on any atom is 0.138 e. The maximum absolute atomic E-state index is 10.3. The summed E-state index contributed by atoms with van der Waals surface area (Å²) < 4.78 is 57.0. The van der Waals surface area contributed by atoms with Crippen molar-refractivity contribution in [1.29, 1.82) is 0 Å². The summed E-state index contributed by atoms with van der Waals surface area (Å²) in [5.41, 5.74) is 9.62. The molecular weight excluding hydrogens is 2490 g/mol. The van der Waals surface area contributed by atoms with E-state index in [1.165, 1.54) is 4.68 Å². The second kappa shape index (κ2) is 56.8. The van der Waals surface area contributed by atoms with Gasteiger partial charge in [-0.3, -0.25) is 0 Å². The molecule has 0 saturated carbocycles. The van der Waals surface area contributed by atoms with Crippen LogP contribution in [-0.4, -0.2) is 213 Å². The molecule has 12 rings (SSSR count). The standard InChI is InChI=1S/2C25H30BrClIN3O4.C25H30Cl2IN3O4.C24H28Cl2IN3O5/c2*1-16(11-27)14-35-23-9-6-18(10-21(23)26)25(2,3)17-4-7-20(8-5-17)34-15-19(33)12-31-24(28)22(13-32)29-30-31;1-16(11-26)14-35-23-9-6-18(10-21(23)27)25(2,3)17-4-7-20(8-5-17)34-15-19(33)12-31-24(28)22(13-32)29-30-31;1-24(2,16-5-8-22(20(26)9-16)35-13-17(32)10-25)15-3-6-19(7-4-15)34-14-18(33)11-30-23(27)21(12-31)28-29-30/h3*4-10,16,19,32-33H,11-15H2,1-3H3;3-9,17-18,31-33H,10-14H2,1-2H3/t16-,19-;;16-,19+;17-,18+/m1.01/s1/i3*28-4;27-4. The molecule has 8 atom stereocenters. The molecule has 2 unspecified atom stereocenters. The van der Waals surface area contributed by atoms with Crippen molar-refractivity contribution in [1.82, 2.24) is 60.0 Å². The molecule has 760 valence electrons. The van der Waals surface area contributed by atoms with E-state index in [0.29, 0.717) is 120 Å². The number of halogens is 12. The Balaban J connectivity index is 0.000000209. The molecule has 9 N–H and O–H groups in total. The van der Waals surface area contributed by atoms with E-state index in [1.807, 2.05) is 237 Å². The molecule has 4 aromatic heterocycles. The normalized spacial score (nSPS) is 13.5. The van der Waals surface area contributed by atoms with Crippen LogP contribution in [0, 0.1) is 32.6 Å². The van der Waals surface area contributed by atoms with Gasteiger partial charge in [0, 0.05) is 57.1 Å². The predicted octanol–water partition coefficient (Wildman–Crippen LogP) is 19.1. The zero-order chi connectivity index (χ0) is 102. The first-order valence-electron chi connectivity index (χ1n) is 44.6. The molecule has 8 aromatic carbocycles. The maximum atomic E-state index is 10.3. The number of benzene rings is 8. The monoisotopic (exact) mass is 2610 g/mol. The Labute approximate surface area is 918 Å². The predicted molar refractivity (Wildman–Crippen MR) is 584 cm³/mol. The fourth-order valence-corrected chi connectivity index (χ4v) is 17.7. The molecule has 0 fully saturated rings. The van der Waals surface area contributed by atoms with Gasteiger partial charge in [0.05, 0.1) is 97.3 Å². The Kier molecular flexibility index (Phi) is 47.7. The van der Waals surface area contributed by atoms with E-state index in [0.717, 1.165) is 65.0 Å². The minimum Gasteiger partial charge on any atom is -0.492 e. The number of alkyl halides is 4. The number of hydrogen-bond donors (Lipinski definition) is 9. The molecule has 0 aliphatic heterocycles. The van der Waals surface area contributed by atoms with Crippen molar-refractivity contribution in [3.8, 4) is 46.0 Å². The van der Waals surface area contributed by atoms with Gasteiger partial charge in [-0.1, -0.05) is 193 Å². The zero-order valence-corrected chi connectivity index (χ0v) is 95.5. The van der Waals surface area contributed by atoms with Gasteiger partial charge in [-0.25, -0.2) is 18.7 Å². The highest BCUT2D eigenvalue weighted by Gasteiger charge is 2.31. The summed E-state index contributed by atoms with van der Waals surface area (Å²) in [5.74, 6) is 7.95. The Hall–Kier alpha value is -6.02. The first-order chi connectivity index (χ1) is 66.6. The summed E-state index contributed by atoms with van der Waals surface area (Å²) in [5, 5.41) is 120. The Morgan fingerprint density at radius 3 is 0.707 bits per heavy atom. The van der Waals surface area contributed by atoms with E-state index in [4.69, 9.17) is 108 Å². The van der Waals surface area contributed by atoms with E-state index in [-0.39, 0.29) is 131 Å². The summed E-state index contributed by atoms with van der Waals surface area (Å²) in [6.45, 7) is 25.6. The van der Waals surface area contributed by atoms with E-state index >= 15 is 0 Å². The van der Waals surface area contributed by atoms with E-state index < -0.39 is 30.5 Å². The first-order valence-corrected chi connectivity index (χ1v) is 53.4. The minimum atomic E-state index is -0.790. The molecule has 4 heterocycles. The molecule has 140 heavy (non-hydrogen) atoms. The highest BCUT2D eigenvalue weighted by atomic mass is 123. The number of nitrogens with zero attached hydrogens (tertiary/aromatic N) is 12. The minimum absolute atomic E-state index is 0.0733. The summed E-state index contributed by atoms with van der Waals surface area (Å²) in [6.07, 6.45) is -3.85. The van der Waals surface area contributed by atoms with Gasteiger partial charge in [0.25, 0.3) is 0 Å². The Morgan fingerprint density at radius 2 is 0.500 bits per heavy atom. The number of aromatic nitrogens is 12. The molecule has 0 radical (unpaired) electrons. The molecule has 29 nitrogen and oxygen atoms in total. The second-order valence-corrected chi connectivity index (χ2v) is 43.4. The third-order valence-corrected chi connectivity index (χ3v) is 31.2. The average Bonchev–Trinajstić information content (AvgIpc) is 1.28. The quantitative estimate of drug-likeness (QED) is 0.0126. The lowest BCUT2D eigenvalue weighted by Gasteiger charge is -2.27. The molecular formula is C99H118Br2Cl6I4N12O17. The molecule has 0 aliphatic rings. The summed E-state index contributed by atoms with van der Waals surface area (Å²) >= 11 is 51.6. The van der Waals surface area contributed by atoms with Gasteiger partial charge in [-0.2, -0.15) is 0 Å². The van der Waals surface area contributed by atoms with E-state index in [9.17, 15) is 46.0 Å². The van der Waals surface area contributed by atoms with Gasteiger partial charge < -0.3 is 83.9 Å². The Bertz CT molecular complexity index is 5140. The average molecular weight is 2610 g/mol. The highest BCUT2D eigenvalue weighted by molar-refractivity contribution is 14.1. The fraction of sp³-hybridized carbons (Fsp3) is 0.434. The SMILES string of the molecule is CC(C)(c1ccc(OC[C@@H](O)Cn2nnc(CO)c2[123I])cc1)c1ccc(OC[C@H](O)CCl)c(Cl)c1.CC(CCl)COc1ccc(C(C)(C)c2ccc(OCC(O)Cn3nnc(CO)c3[123I])cc2)cc1Br.C[C@@H](CCl)COc1ccc(C(C)(C)c2ccc(OC[C@H](O)Cn3nnc(CO)c3[123I])cc2)cc1Cl.C[C@H](CCl)COc1ccc(C(C)(C)c2ccc(OC[C@H](O)Cn3nnc(CO)c3[123I])cc2)cc1Br. The number of aliphatic hydroxyl groups excluding tert-OH is 9. The largest absolute Gasteiger partial charge is 0.492 e. The van der Waals surface area contributed by atoms with E-state index in [1.54, 1.807) is 20.1 Å². The second-order valence-electron chi connectivity index (χ2n) is 35.5. The van der Waals surface area contributed by atoms with Crippen LogP contribution in [-0.2, 0) is 74.3 Å². The van der Waals surface area contributed by atoms with Crippen molar-refractivity contribution >= 4 is 192 Å². The van der Waals surface area contributed by atoms with Crippen molar-refractivity contribution in [2.45, 2.75) is 181 Å². The molecule has 0 bridgehead atoms. The van der Waals surface area contributed by atoms with Gasteiger partial charge in [-0.15, -0.1) is 66.8 Å². The van der Waals surface area contributed by atoms with Crippen LogP contribution in [0.5, 0.6) is 46.0 Å². The van der Waals surface area contributed by atoms with Crippen LogP contribution in [0.4, 0.5) is 0 Å². The van der Waals surface area contributed by atoms with Crippen LogP contribution in [0.2, 0.25) is 10.0 Å². The summed E-state index contributed by atoms with van der Waals surface area (Å²) in [6, 6.07) is 55.1. The van der Waals surface area contributed by atoms with Crippen LogP contribution >= 0.6 is 192 Å². The van der Waals surface area contributed by atoms with Gasteiger partial charge >= 0.3 is 0 Å². The fourth-order valence-electron chi connectivity index (χ4n) is 13.6. The van der Waals surface area contributed by atoms with Crippen molar-refractivity contribution in [3.05, 3.63) is 271 Å². The Morgan fingerprint density at radius 1 is 0.293 bits per heavy atom. The zero-order valence-electron chi connectivity index (χ0n) is 79.1. The summed E-state index contributed by atoms with van der Waals surface area (Å²) in [4.78, 5) is 0. The number of ether oxygens (including phenoxy) is 8. The third-order valence-electron chi connectivity index (χ3n) is 22.7. The molecule has 12 aromatic rings. The number of rotatable bonds is 48. The highest BCUT2D eigenvalue weighted by Crippen LogP contribution is 2.43. The van der Waals surface area contributed by atoms with Crippen LogP contribution in [0.1, 0.15) is 143 Å². The van der Waals surface area contributed by atoms with Gasteiger partial charge in [-0.05, 0) is 264 Å². The van der Waals surface area contributed by atoms with Crippen LogP contribution in [0.15, 0.2) is 179 Å². The van der Waals surface area contributed by atoms with Gasteiger partial charge in [0.1, 0.15) is 147 Å². The number of aliphatic hydroxyl groups is 9. The lowest BCUT2D eigenvalue weighted by molar-refractivity contribution is 0.0880. The lowest BCUT2D eigenvalue weighted by Crippen LogP contribution is -2.25.